The summed E-state index contributed by atoms with van der Waals surface area (Å²) < 4.78 is 52.4. The number of anilines is 1. The molecule has 1 N–H and O–H groups in total. The maximum absolute atomic E-state index is 13.3. The maximum atomic E-state index is 13.3. The second kappa shape index (κ2) is 5.11. The van der Waals surface area contributed by atoms with Gasteiger partial charge in [0.25, 0.3) is 0 Å². The molecule has 0 saturated carbocycles. The number of benzene rings is 1. The highest BCUT2D eigenvalue weighted by Gasteiger charge is 2.18. The fraction of sp³-hybridized carbons (Fsp3) is 0.100. The molecule has 0 fully saturated rings. The zero-order valence-corrected chi connectivity index (χ0v) is 10.2. The average molecular weight is 297 g/mol. The van der Waals surface area contributed by atoms with Gasteiger partial charge in [-0.25, -0.2) is 22.5 Å². The van der Waals surface area contributed by atoms with Gasteiger partial charge in [-0.1, -0.05) is 11.6 Å². The molecule has 0 atom stereocenters. The van der Waals surface area contributed by atoms with Crippen molar-refractivity contribution >= 4 is 28.6 Å². The van der Waals surface area contributed by atoms with E-state index in [0.717, 1.165) is 11.3 Å². The maximum Gasteiger partial charge on any atom is 0.196 e. The molecule has 0 saturated heterocycles. The molecule has 0 spiro atoms. The zero-order chi connectivity index (χ0) is 13.3. The summed E-state index contributed by atoms with van der Waals surface area (Å²) in [6, 6.07) is 0.278. The topological polar surface area (TPSA) is 24.9 Å². The quantitative estimate of drug-likeness (QED) is 0.527. The Hall–Kier alpha value is -1.34. The van der Waals surface area contributed by atoms with E-state index < -0.39 is 29.0 Å². The van der Waals surface area contributed by atoms with Gasteiger partial charge in [-0.05, 0) is 0 Å². The Morgan fingerprint density at radius 3 is 2.50 bits per heavy atom. The van der Waals surface area contributed by atoms with E-state index in [-0.39, 0.29) is 17.1 Å². The minimum absolute atomic E-state index is 0.00327. The van der Waals surface area contributed by atoms with Crippen LogP contribution >= 0.6 is 22.9 Å². The first kappa shape index (κ1) is 13.1. The zero-order valence-electron chi connectivity index (χ0n) is 8.61. The Bertz CT molecular complexity index is 587. The highest BCUT2D eigenvalue weighted by atomic mass is 35.5. The highest BCUT2D eigenvalue weighted by molar-refractivity contribution is 7.15. The summed E-state index contributed by atoms with van der Waals surface area (Å²) >= 11 is 6.68. The fourth-order valence-electron chi connectivity index (χ4n) is 1.27. The van der Waals surface area contributed by atoms with Gasteiger partial charge in [0.1, 0.15) is 5.69 Å². The number of hydrogen-bond donors (Lipinski definition) is 1. The van der Waals surface area contributed by atoms with Gasteiger partial charge in [0, 0.05) is 17.1 Å². The van der Waals surface area contributed by atoms with Crippen molar-refractivity contribution in [3.05, 3.63) is 44.9 Å². The second-order valence-electron chi connectivity index (χ2n) is 3.28. The highest BCUT2D eigenvalue weighted by Crippen LogP contribution is 2.25. The lowest BCUT2D eigenvalue weighted by atomic mass is 10.2. The van der Waals surface area contributed by atoms with Crippen LogP contribution in [0.25, 0.3) is 0 Å². The molecular weight excluding hydrogens is 292 g/mol. The first-order chi connectivity index (χ1) is 8.49. The van der Waals surface area contributed by atoms with Crippen molar-refractivity contribution in [2.75, 3.05) is 5.32 Å². The monoisotopic (exact) mass is 296 g/mol. The number of hydrogen-bond acceptors (Lipinski definition) is 3. The van der Waals surface area contributed by atoms with E-state index >= 15 is 0 Å². The first-order valence-electron chi connectivity index (χ1n) is 4.66. The van der Waals surface area contributed by atoms with Gasteiger partial charge in [-0.15, -0.1) is 11.3 Å². The third kappa shape index (κ3) is 2.56. The van der Waals surface area contributed by atoms with Crippen LogP contribution in [0.3, 0.4) is 0 Å². The third-order valence-corrected chi connectivity index (χ3v) is 3.19. The third-order valence-electron chi connectivity index (χ3n) is 2.08. The van der Waals surface area contributed by atoms with Crippen molar-refractivity contribution in [3.8, 4) is 0 Å². The van der Waals surface area contributed by atoms with Gasteiger partial charge >= 0.3 is 0 Å². The Kier molecular flexibility index (Phi) is 3.72. The van der Waals surface area contributed by atoms with Crippen molar-refractivity contribution in [1.82, 2.24) is 4.98 Å². The summed E-state index contributed by atoms with van der Waals surface area (Å²) in [6.45, 7) is 0.00327. The lowest BCUT2D eigenvalue weighted by Crippen LogP contribution is -2.06. The van der Waals surface area contributed by atoms with Crippen LogP contribution in [0.4, 0.5) is 23.2 Å². The summed E-state index contributed by atoms with van der Waals surface area (Å²) in [5.74, 6) is -6.09. The van der Waals surface area contributed by atoms with Crippen molar-refractivity contribution in [2.24, 2.45) is 0 Å². The Labute approximate surface area is 108 Å². The van der Waals surface area contributed by atoms with Crippen molar-refractivity contribution < 1.29 is 17.6 Å². The molecule has 1 aromatic carbocycles. The van der Waals surface area contributed by atoms with Gasteiger partial charge in [0.15, 0.2) is 27.7 Å². The molecule has 96 valence electrons. The van der Waals surface area contributed by atoms with Crippen LogP contribution in [0.1, 0.15) is 4.88 Å². The van der Waals surface area contributed by atoms with Gasteiger partial charge in [-0.3, -0.25) is 0 Å². The van der Waals surface area contributed by atoms with Crippen LogP contribution in [0.2, 0.25) is 4.47 Å². The molecule has 0 radical (unpaired) electrons. The van der Waals surface area contributed by atoms with Crippen molar-refractivity contribution in [2.45, 2.75) is 6.54 Å². The standard InChI is InChI=1S/C10H5ClF4N2S/c11-10-17-3-4(18-10)2-16-9-6(13)1-5(12)7(14)8(9)15/h1,3,16H,2H2. The van der Waals surface area contributed by atoms with Crippen molar-refractivity contribution in [1.29, 1.82) is 0 Å². The van der Waals surface area contributed by atoms with E-state index in [9.17, 15) is 17.6 Å². The Morgan fingerprint density at radius 2 is 1.89 bits per heavy atom. The van der Waals surface area contributed by atoms with E-state index in [2.05, 4.69) is 10.3 Å². The number of aromatic nitrogens is 1. The lowest BCUT2D eigenvalue weighted by Gasteiger charge is -2.08. The number of thiazole rings is 1. The Balaban J connectivity index is 2.22. The van der Waals surface area contributed by atoms with Crippen LogP contribution in [0.5, 0.6) is 0 Å². The fourth-order valence-corrected chi connectivity index (χ4v) is 2.19. The molecule has 0 aliphatic rings. The van der Waals surface area contributed by atoms with E-state index in [1.165, 1.54) is 6.20 Å². The van der Waals surface area contributed by atoms with Crippen LogP contribution < -0.4 is 5.32 Å². The first-order valence-corrected chi connectivity index (χ1v) is 5.85. The molecule has 2 rings (SSSR count). The molecule has 8 heteroatoms. The summed E-state index contributed by atoms with van der Waals surface area (Å²) in [5.41, 5.74) is -0.724. The van der Waals surface area contributed by atoms with E-state index in [0.29, 0.717) is 4.88 Å². The summed E-state index contributed by atoms with van der Waals surface area (Å²) in [6.07, 6.45) is 1.41. The molecule has 18 heavy (non-hydrogen) atoms. The average Bonchev–Trinajstić information content (AvgIpc) is 2.72. The number of nitrogens with zero attached hydrogens (tertiary/aromatic N) is 1. The van der Waals surface area contributed by atoms with Gasteiger partial charge in [0.05, 0.1) is 6.54 Å². The molecule has 2 aromatic rings. The summed E-state index contributed by atoms with van der Waals surface area (Å²) in [5, 5.41) is 2.33. The van der Waals surface area contributed by atoms with Gasteiger partial charge in [-0.2, -0.15) is 0 Å². The minimum Gasteiger partial charge on any atom is -0.375 e. The molecule has 0 amide bonds. The predicted molar refractivity (Wildman–Crippen MR) is 60.7 cm³/mol. The van der Waals surface area contributed by atoms with E-state index in [1.54, 1.807) is 0 Å². The number of nitrogens with one attached hydrogen (secondary N) is 1. The molecule has 0 aliphatic heterocycles. The Morgan fingerprint density at radius 1 is 1.17 bits per heavy atom. The molecule has 2 nitrogen and oxygen atoms in total. The molecule has 1 heterocycles. The largest absolute Gasteiger partial charge is 0.375 e. The predicted octanol–water partition coefficient (Wildman–Crippen LogP) is 3.96. The van der Waals surface area contributed by atoms with Gasteiger partial charge in [0.2, 0.25) is 0 Å². The van der Waals surface area contributed by atoms with Crippen LogP contribution in [0, 0.1) is 23.3 Å². The smallest absolute Gasteiger partial charge is 0.196 e. The molecule has 0 bridgehead atoms. The summed E-state index contributed by atoms with van der Waals surface area (Å²) in [7, 11) is 0. The molecule has 1 aromatic heterocycles. The number of halogens is 5. The SMILES string of the molecule is Fc1cc(F)c(NCc2cnc(Cl)s2)c(F)c1F. The van der Waals surface area contributed by atoms with Gasteiger partial charge < -0.3 is 5.32 Å². The molecule has 0 unspecified atom stereocenters. The normalized spacial score (nSPS) is 10.7. The summed E-state index contributed by atoms with van der Waals surface area (Å²) in [4.78, 5) is 4.33. The molecule has 0 aliphatic carbocycles. The van der Waals surface area contributed by atoms with Crippen LogP contribution in [-0.2, 0) is 6.54 Å². The van der Waals surface area contributed by atoms with E-state index in [1.807, 2.05) is 0 Å². The minimum atomic E-state index is -1.72. The number of rotatable bonds is 3. The van der Waals surface area contributed by atoms with Crippen LogP contribution in [0.15, 0.2) is 12.3 Å². The second-order valence-corrected chi connectivity index (χ2v) is 4.97. The van der Waals surface area contributed by atoms with Crippen LogP contribution in [-0.4, -0.2) is 4.98 Å². The molecular formula is C10H5ClF4N2S. The van der Waals surface area contributed by atoms with Crippen molar-refractivity contribution in [3.63, 3.8) is 0 Å². The lowest BCUT2D eigenvalue weighted by molar-refractivity contribution is 0.437. The van der Waals surface area contributed by atoms with E-state index in [4.69, 9.17) is 11.6 Å².